The van der Waals surface area contributed by atoms with Crippen molar-refractivity contribution < 1.29 is 14.7 Å². The Hall–Kier alpha value is -1.40. The molecule has 0 bridgehead atoms. The average Bonchev–Trinajstić information content (AvgIpc) is 2.79. The molecule has 5 nitrogen and oxygen atoms in total. The van der Waals surface area contributed by atoms with Crippen molar-refractivity contribution in [2.45, 2.75) is 44.8 Å². The molecular formula is C13H18N2O3S. The summed E-state index contributed by atoms with van der Waals surface area (Å²) in [6, 6.07) is 3.23. The molecule has 0 unspecified atom stereocenters. The van der Waals surface area contributed by atoms with Crippen molar-refractivity contribution >= 4 is 28.2 Å². The number of anilines is 1. The Morgan fingerprint density at radius 3 is 2.74 bits per heavy atom. The molecule has 104 valence electrons. The lowest BCUT2D eigenvalue weighted by Gasteiger charge is -2.28. The molecule has 1 aliphatic carbocycles. The molecule has 3 N–H and O–H groups in total. The van der Waals surface area contributed by atoms with E-state index < -0.39 is 6.10 Å². The van der Waals surface area contributed by atoms with E-state index >= 15 is 0 Å². The molecule has 1 aliphatic rings. The monoisotopic (exact) mass is 282 g/mol. The van der Waals surface area contributed by atoms with E-state index in [9.17, 15) is 14.7 Å². The van der Waals surface area contributed by atoms with Crippen LogP contribution < -0.4 is 10.6 Å². The first-order chi connectivity index (χ1) is 9.06. The average molecular weight is 282 g/mol. The van der Waals surface area contributed by atoms with E-state index in [-0.39, 0.29) is 17.9 Å². The van der Waals surface area contributed by atoms with Gasteiger partial charge >= 0.3 is 0 Å². The van der Waals surface area contributed by atoms with Gasteiger partial charge in [-0.3, -0.25) is 9.59 Å². The molecule has 19 heavy (non-hydrogen) atoms. The van der Waals surface area contributed by atoms with Gasteiger partial charge in [0.2, 0.25) is 5.91 Å². The summed E-state index contributed by atoms with van der Waals surface area (Å²) in [4.78, 5) is 23.5. The largest absolute Gasteiger partial charge is 0.391 e. The summed E-state index contributed by atoms with van der Waals surface area (Å²) in [7, 11) is 0. The summed E-state index contributed by atoms with van der Waals surface area (Å²) in [6.07, 6.45) is 3.15. The van der Waals surface area contributed by atoms with Gasteiger partial charge in [-0.25, -0.2) is 0 Å². The number of nitrogens with one attached hydrogen (secondary N) is 2. The number of aliphatic hydroxyl groups excluding tert-OH is 1. The lowest BCUT2D eigenvalue weighted by molar-refractivity contribution is -0.114. The Balaban J connectivity index is 1.95. The van der Waals surface area contributed by atoms with Crippen molar-refractivity contribution in [2.24, 2.45) is 0 Å². The Bertz CT molecular complexity index is 472. The van der Waals surface area contributed by atoms with Crippen LogP contribution in [0.2, 0.25) is 0 Å². The Morgan fingerprint density at radius 2 is 2.05 bits per heavy atom. The summed E-state index contributed by atoms with van der Waals surface area (Å²) in [5.74, 6) is -0.343. The summed E-state index contributed by atoms with van der Waals surface area (Å²) in [5, 5.41) is 16.0. The minimum absolute atomic E-state index is 0.156. The fraction of sp³-hybridized carbons (Fsp3) is 0.538. The second-order valence-corrected chi connectivity index (χ2v) is 5.86. The van der Waals surface area contributed by atoms with Gasteiger partial charge in [-0.05, 0) is 25.0 Å². The Labute approximate surface area is 116 Å². The highest BCUT2D eigenvalue weighted by molar-refractivity contribution is 7.18. The third-order valence-corrected chi connectivity index (χ3v) is 4.17. The van der Waals surface area contributed by atoms with E-state index in [0.29, 0.717) is 9.88 Å². The minimum atomic E-state index is -0.451. The van der Waals surface area contributed by atoms with Crippen LogP contribution >= 0.6 is 11.3 Å². The number of hydrogen-bond acceptors (Lipinski definition) is 4. The maximum Gasteiger partial charge on any atom is 0.261 e. The van der Waals surface area contributed by atoms with Crippen molar-refractivity contribution in [3.63, 3.8) is 0 Å². The van der Waals surface area contributed by atoms with Crippen molar-refractivity contribution in [2.75, 3.05) is 5.32 Å². The number of thiophene rings is 1. The van der Waals surface area contributed by atoms with Crippen molar-refractivity contribution in [1.82, 2.24) is 5.32 Å². The maximum atomic E-state index is 12.0. The summed E-state index contributed by atoms with van der Waals surface area (Å²) in [6.45, 7) is 1.43. The molecule has 0 radical (unpaired) electrons. The first-order valence-corrected chi connectivity index (χ1v) is 7.24. The first kappa shape index (κ1) is 14.0. The van der Waals surface area contributed by atoms with Gasteiger partial charge in [0, 0.05) is 6.92 Å². The van der Waals surface area contributed by atoms with Gasteiger partial charge < -0.3 is 15.7 Å². The molecular weight excluding hydrogens is 264 g/mol. The fourth-order valence-electron chi connectivity index (χ4n) is 2.22. The van der Waals surface area contributed by atoms with E-state index in [4.69, 9.17) is 0 Å². The molecule has 1 aromatic heterocycles. The van der Waals surface area contributed by atoms with Crippen molar-refractivity contribution in [1.29, 1.82) is 0 Å². The highest BCUT2D eigenvalue weighted by Gasteiger charge is 2.25. The van der Waals surface area contributed by atoms with E-state index in [1.54, 1.807) is 12.1 Å². The van der Waals surface area contributed by atoms with Crippen LogP contribution in [0.4, 0.5) is 5.00 Å². The van der Waals surface area contributed by atoms with E-state index in [0.717, 1.165) is 25.7 Å². The number of rotatable bonds is 3. The van der Waals surface area contributed by atoms with Gasteiger partial charge in [-0.1, -0.05) is 12.8 Å². The van der Waals surface area contributed by atoms with E-state index in [2.05, 4.69) is 10.6 Å². The zero-order chi connectivity index (χ0) is 13.8. The third-order valence-electron chi connectivity index (χ3n) is 3.17. The van der Waals surface area contributed by atoms with E-state index in [1.165, 1.54) is 18.3 Å². The van der Waals surface area contributed by atoms with Crippen LogP contribution in [0.5, 0.6) is 0 Å². The molecule has 6 heteroatoms. The van der Waals surface area contributed by atoms with Crippen LogP contribution in [0.3, 0.4) is 0 Å². The highest BCUT2D eigenvalue weighted by atomic mass is 32.1. The quantitative estimate of drug-likeness (QED) is 0.790. The standard InChI is InChI=1S/C13H18N2O3S/c1-8(16)14-12-7-6-11(19-12)13(18)15-9-4-2-3-5-10(9)17/h6-7,9-10,17H,2-5H2,1H3,(H,14,16)(H,15,18)/t9-,10-/m0/s1. The SMILES string of the molecule is CC(=O)Nc1ccc(C(=O)N[C@H]2CCCC[C@@H]2O)s1. The highest BCUT2D eigenvalue weighted by Crippen LogP contribution is 2.23. The molecule has 1 heterocycles. The third kappa shape index (κ3) is 3.78. The molecule has 1 aromatic rings. The summed E-state index contributed by atoms with van der Waals surface area (Å²) in [5.41, 5.74) is 0. The van der Waals surface area contributed by atoms with Crippen molar-refractivity contribution in [3.8, 4) is 0 Å². The minimum Gasteiger partial charge on any atom is -0.391 e. The van der Waals surface area contributed by atoms with E-state index in [1.807, 2.05) is 0 Å². The predicted molar refractivity (Wildman–Crippen MR) is 74.4 cm³/mol. The molecule has 1 saturated carbocycles. The molecule has 0 aliphatic heterocycles. The molecule has 0 spiro atoms. The molecule has 0 aromatic carbocycles. The summed E-state index contributed by atoms with van der Waals surface area (Å²) >= 11 is 1.23. The zero-order valence-electron chi connectivity index (χ0n) is 10.8. The lowest BCUT2D eigenvalue weighted by Crippen LogP contribution is -2.44. The molecule has 2 atom stereocenters. The molecule has 0 saturated heterocycles. The predicted octanol–water partition coefficient (Wildman–Crippen LogP) is 1.74. The smallest absolute Gasteiger partial charge is 0.261 e. The first-order valence-electron chi connectivity index (χ1n) is 6.42. The number of hydrogen-bond donors (Lipinski definition) is 3. The summed E-state index contributed by atoms with van der Waals surface area (Å²) < 4.78 is 0. The van der Waals surface area contributed by atoms with Gasteiger partial charge in [0.05, 0.1) is 22.0 Å². The maximum absolute atomic E-state index is 12.0. The van der Waals surface area contributed by atoms with Crippen LogP contribution in [-0.4, -0.2) is 29.1 Å². The number of carbonyl (C=O) groups is 2. The topological polar surface area (TPSA) is 78.4 Å². The second kappa shape index (κ2) is 6.16. The number of amides is 2. The zero-order valence-corrected chi connectivity index (χ0v) is 11.6. The van der Waals surface area contributed by atoms with Gasteiger partial charge in [0.25, 0.3) is 5.91 Å². The van der Waals surface area contributed by atoms with Crippen LogP contribution in [0.25, 0.3) is 0 Å². The van der Waals surface area contributed by atoms with Gasteiger partial charge in [-0.2, -0.15) is 0 Å². The van der Waals surface area contributed by atoms with Crippen LogP contribution in [0.1, 0.15) is 42.3 Å². The van der Waals surface area contributed by atoms with Gasteiger partial charge in [0.1, 0.15) is 0 Å². The van der Waals surface area contributed by atoms with Crippen LogP contribution in [-0.2, 0) is 4.79 Å². The molecule has 1 fully saturated rings. The normalized spacial score (nSPS) is 22.8. The Morgan fingerprint density at radius 1 is 1.32 bits per heavy atom. The van der Waals surface area contributed by atoms with Gasteiger partial charge in [0.15, 0.2) is 0 Å². The number of carbonyl (C=O) groups excluding carboxylic acids is 2. The Kier molecular flexibility index (Phi) is 4.55. The van der Waals surface area contributed by atoms with Gasteiger partial charge in [-0.15, -0.1) is 11.3 Å². The molecule has 2 amide bonds. The number of aliphatic hydroxyl groups is 1. The van der Waals surface area contributed by atoms with Crippen LogP contribution in [0, 0.1) is 0 Å². The lowest BCUT2D eigenvalue weighted by atomic mass is 9.92. The van der Waals surface area contributed by atoms with Crippen molar-refractivity contribution in [3.05, 3.63) is 17.0 Å². The van der Waals surface area contributed by atoms with Crippen LogP contribution in [0.15, 0.2) is 12.1 Å². The fourth-order valence-corrected chi connectivity index (χ4v) is 3.08. The molecule has 2 rings (SSSR count). The second-order valence-electron chi connectivity index (χ2n) is 4.78.